The summed E-state index contributed by atoms with van der Waals surface area (Å²) in [5, 5.41) is 11.6. The number of hydrogen-bond donors (Lipinski definition) is 2. The van der Waals surface area contributed by atoms with Gasteiger partial charge in [0, 0.05) is 37.4 Å². The van der Waals surface area contributed by atoms with Crippen LogP contribution in [0.1, 0.15) is 63.5 Å². The van der Waals surface area contributed by atoms with E-state index in [9.17, 15) is 14.4 Å². The number of unbranched alkanes of at least 4 members (excludes halogenated alkanes) is 1. The molecule has 2 aromatic carbocycles. The van der Waals surface area contributed by atoms with Gasteiger partial charge >= 0.3 is 12.1 Å². The van der Waals surface area contributed by atoms with Gasteiger partial charge in [-0.05, 0) is 55.9 Å². The molecule has 1 aliphatic rings. The molecular formula is C27H34N2O5. The van der Waals surface area contributed by atoms with E-state index in [0.29, 0.717) is 25.9 Å². The smallest absolute Gasteiger partial charge is 0.407 e. The molecule has 3 rings (SSSR count). The minimum absolute atomic E-state index is 0.0238. The van der Waals surface area contributed by atoms with E-state index in [1.165, 1.54) is 11.1 Å². The number of fused-ring (bicyclic) bond motifs is 3. The molecule has 0 aromatic heterocycles. The lowest BCUT2D eigenvalue weighted by molar-refractivity contribution is -0.137. The van der Waals surface area contributed by atoms with Crippen molar-refractivity contribution >= 4 is 18.0 Å². The molecule has 34 heavy (non-hydrogen) atoms. The molecular weight excluding hydrogens is 432 g/mol. The molecule has 7 nitrogen and oxygen atoms in total. The van der Waals surface area contributed by atoms with Gasteiger partial charge in [-0.25, -0.2) is 4.79 Å². The van der Waals surface area contributed by atoms with Gasteiger partial charge in [0.2, 0.25) is 5.91 Å². The number of rotatable bonds is 11. The number of carbonyl (C=O) groups is 3. The van der Waals surface area contributed by atoms with E-state index >= 15 is 0 Å². The average molecular weight is 467 g/mol. The fourth-order valence-electron chi connectivity index (χ4n) is 4.48. The van der Waals surface area contributed by atoms with Gasteiger partial charge in [-0.15, -0.1) is 0 Å². The first-order chi connectivity index (χ1) is 16.2. The molecule has 0 saturated heterocycles. The lowest BCUT2D eigenvalue weighted by Crippen LogP contribution is -2.48. The molecule has 0 radical (unpaired) electrons. The van der Waals surface area contributed by atoms with Crippen molar-refractivity contribution in [3.05, 3.63) is 59.7 Å². The van der Waals surface area contributed by atoms with Crippen LogP contribution in [0.4, 0.5) is 4.79 Å². The molecule has 0 unspecified atom stereocenters. The molecule has 0 bridgehead atoms. The summed E-state index contributed by atoms with van der Waals surface area (Å²) in [6.45, 7) is 6.74. The Morgan fingerprint density at radius 2 is 1.59 bits per heavy atom. The molecule has 0 spiro atoms. The van der Waals surface area contributed by atoms with E-state index < -0.39 is 17.6 Å². The van der Waals surface area contributed by atoms with Crippen LogP contribution >= 0.6 is 0 Å². The molecule has 2 aromatic rings. The van der Waals surface area contributed by atoms with Crippen molar-refractivity contribution in [1.82, 2.24) is 10.2 Å². The summed E-state index contributed by atoms with van der Waals surface area (Å²) in [5.41, 5.74) is 3.84. The molecule has 1 aliphatic carbocycles. The standard InChI is InChI=1S/C27H34N2O5/c1-4-29(16-10-9-15-25(31)32)24(30)17-27(2,3)28-26(33)34-18-23-21-13-7-5-11-19(21)20-12-6-8-14-22(20)23/h5-8,11-14,23H,4,9-10,15-18H2,1-3H3,(H,28,33)(H,31,32). The van der Waals surface area contributed by atoms with Crippen molar-refractivity contribution in [3.8, 4) is 11.1 Å². The summed E-state index contributed by atoms with van der Waals surface area (Å²) >= 11 is 0. The topological polar surface area (TPSA) is 95.9 Å². The number of carbonyl (C=O) groups excluding carboxylic acids is 2. The number of ether oxygens (including phenoxy) is 1. The van der Waals surface area contributed by atoms with Crippen molar-refractivity contribution in [2.24, 2.45) is 0 Å². The lowest BCUT2D eigenvalue weighted by atomic mass is 9.98. The fourth-order valence-corrected chi connectivity index (χ4v) is 4.48. The zero-order valence-electron chi connectivity index (χ0n) is 20.2. The van der Waals surface area contributed by atoms with E-state index in [1.807, 2.05) is 31.2 Å². The van der Waals surface area contributed by atoms with Crippen molar-refractivity contribution in [3.63, 3.8) is 0 Å². The average Bonchev–Trinajstić information content (AvgIpc) is 3.10. The number of aliphatic carboxylic acids is 1. The van der Waals surface area contributed by atoms with Crippen molar-refractivity contribution in [1.29, 1.82) is 0 Å². The summed E-state index contributed by atoms with van der Waals surface area (Å²) in [6, 6.07) is 16.3. The van der Waals surface area contributed by atoms with Crippen LogP contribution in [0, 0.1) is 0 Å². The van der Waals surface area contributed by atoms with Crippen LogP contribution in [-0.2, 0) is 14.3 Å². The predicted octanol–water partition coefficient (Wildman–Crippen LogP) is 4.80. The fraction of sp³-hybridized carbons (Fsp3) is 0.444. The maximum Gasteiger partial charge on any atom is 0.407 e. The number of carboxylic acids is 1. The number of carboxylic acid groups (broad SMARTS) is 1. The van der Waals surface area contributed by atoms with Crippen molar-refractivity contribution < 1.29 is 24.2 Å². The zero-order valence-corrected chi connectivity index (χ0v) is 20.2. The van der Waals surface area contributed by atoms with Crippen LogP contribution in [0.2, 0.25) is 0 Å². The van der Waals surface area contributed by atoms with Gasteiger partial charge in [-0.1, -0.05) is 48.5 Å². The van der Waals surface area contributed by atoms with Crippen molar-refractivity contribution in [2.45, 2.75) is 57.9 Å². The van der Waals surface area contributed by atoms with Gasteiger partial charge in [-0.3, -0.25) is 9.59 Å². The van der Waals surface area contributed by atoms with Gasteiger partial charge in [0.05, 0.1) is 0 Å². The Morgan fingerprint density at radius 3 is 2.15 bits per heavy atom. The summed E-state index contributed by atoms with van der Waals surface area (Å²) < 4.78 is 5.62. The highest BCUT2D eigenvalue weighted by Crippen LogP contribution is 2.44. The third kappa shape index (κ3) is 6.37. The highest BCUT2D eigenvalue weighted by molar-refractivity contribution is 5.80. The molecule has 182 valence electrons. The second-order valence-corrected chi connectivity index (χ2v) is 9.34. The minimum Gasteiger partial charge on any atom is -0.481 e. The van der Waals surface area contributed by atoms with Gasteiger partial charge in [-0.2, -0.15) is 0 Å². The van der Waals surface area contributed by atoms with Crippen LogP contribution in [0.3, 0.4) is 0 Å². The summed E-state index contributed by atoms with van der Waals surface area (Å²) in [5.74, 6) is -0.936. The molecule has 0 fully saturated rings. The Balaban J connectivity index is 1.53. The highest BCUT2D eigenvalue weighted by atomic mass is 16.5. The molecule has 2 N–H and O–H groups in total. The maximum atomic E-state index is 12.8. The van der Waals surface area contributed by atoms with Crippen molar-refractivity contribution in [2.75, 3.05) is 19.7 Å². The second kappa shape index (κ2) is 11.2. The van der Waals surface area contributed by atoms with Crippen LogP contribution in [0.5, 0.6) is 0 Å². The van der Waals surface area contributed by atoms with Gasteiger partial charge < -0.3 is 20.1 Å². The molecule has 0 aliphatic heterocycles. The van der Waals surface area contributed by atoms with E-state index in [4.69, 9.17) is 9.84 Å². The number of benzene rings is 2. The van der Waals surface area contributed by atoms with E-state index in [0.717, 1.165) is 11.1 Å². The number of nitrogens with one attached hydrogen (secondary N) is 1. The molecule has 0 heterocycles. The van der Waals surface area contributed by atoms with Gasteiger partial charge in [0.1, 0.15) is 6.61 Å². The predicted molar refractivity (Wildman–Crippen MR) is 131 cm³/mol. The normalized spacial score (nSPS) is 12.6. The highest BCUT2D eigenvalue weighted by Gasteiger charge is 2.31. The van der Waals surface area contributed by atoms with Gasteiger partial charge in [0.15, 0.2) is 0 Å². The molecule has 0 saturated carbocycles. The Morgan fingerprint density at radius 1 is 1.00 bits per heavy atom. The number of alkyl carbamates (subject to hydrolysis) is 1. The SMILES string of the molecule is CCN(CCCCC(=O)O)C(=O)CC(C)(C)NC(=O)OCC1c2ccccc2-c2ccccc21. The summed E-state index contributed by atoms with van der Waals surface area (Å²) in [4.78, 5) is 37.7. The van der Waals surface area contributed by atoms with E-state index in [1.54, 1.807) is 18.7 Å². The largest absolute Gasteiger partial charge is 0.481 e. The van der Waals surface area contributed by atoms with E-state index in [2.05, 4.69) is 29.6 Å². The summed E-state index contributed by atoms with van der Waals surface area (Å²) in [7, 11) is 0. The Bertz CT molecular complexity index is 988. The third-order valence-corrected chi connectivity index (χ3v) is 6.18. The Labute approximate surface area is 201 Å². The first kappa shape index (κ1) is 25.3. The van der Waals surface area contributed by atoms with Crippen LogP contribution in [0.15, 0.2) is 48.5 Å². The third-order valence-electron chi connectivity index (χ3n) is 6.18. The van der Waals surface area contributed by atoms with Crippen LogP contribution in [-0.4, -0.2) is 53.2 Å². The maximum absolute atomic E-state index is 12.8. The van der Waals surface area contributed by atoms with Crippen LogP contribution in [0.25, 0.3) is 11.1 Å². The number of nitrogens with zero attached hydrogens (tertiary/aromatic N) is 1. The molecule has 0 atom stereocenters. The minimum atomic E-state index is -0.831. The summed E-state index contributed by atoms with van der Waals surface area (Å²) in [6.07, 6.45) is 0.834. The monoisotopic (exact) mass is 466 g/mol. The second-order valence-electron chi connectivity index (χ2n) is 9.34. The quantitative estimate of drug-likeness (QED) is 0.464. The molecule has 2 amide bonds. The van der Waals surface area contributed by atoms with Crippen LogP contribution < -0.4 is 5.32 Å². The van der Waals surface area contributed by atoms with Gasteiger partial charge in [0.25, 0.3) is 0 Å². The lowest BCUT2D eigenvalue weighted by Gasteiger charge is -2.29. The van der Waals surface area contributed by atoms with E-state index in [-0.39, 0.29) is 31.3 Å². The number of hydrogen-bond acceptors (Lipinski definition) is 4. The first-order valence-electron chi connectivity index (χ1n) is 11.8. The molecule has 7 heteroatoms. The zero-order chi connectivity index (χ0) is 24.7. The Kier molecular flexibility index (Phi) is 8.31. The number of amides is 2. The Hall–Kier alpha value is -3.35. The first-order valence-corrected chi connectivity index (χ1v) is 11.8.